The third-order valence-corrected chi connectivity index (χ3v) is 3.41. The molecule has 1 unspecified atom stereocenters. The van der Waals surface area contributed by atoms with Gasteiger partial charge in [-0.1, -0.05) is 12.1 Å². The molecule has 0 saturated carbocycles. The van der Waals surface area contributed by atoms with Gasteiger partial charge in [0.15, 0.2) is 0 Å². The summed E-state index contributed by atoms with van der Waals surface area (Å²) in [5.74, 6) is 0. The summed E-state index contributed by atoms with van der Waals surface area (Å²) in [4.78, 5) is 12.7. The van der Waals surface area contributed by atoms with Crippen LogP contribution in [0.15, 0.2) is 18.2 Å². The molecule has 5 nitrogen and oxygen atoms in total. The molecule has 1 aromatic carbocycles. The number of hydrogen-bond acceptors (Lipinski definition) is 4. The summed E-state index contributed by atoms with van der Waals surface area (Å²) in [6.07, 6.45) is 1.58. The van der Waals surface area contributed by atoms with Crippen LogP contribution in [-0.4, -0.2) is 28.7 Å². The van der Waals surface area contributed by atoms with Crippen molar-refractivity contribution in [2.45, 2.75) is 32.3 Å². The smallest absolute Gasteiger partial charge is 0.295 e. The molecule has 0 aromatic heterocycles. The van der Waals surface area contributed by atoms with Gasteiger partial charge in [0.2, 0.25) is 0 Å². The van der Waals surface area contributed by atoms with Gasteiger partial charge in [-0.05, 0) is 32.8 Å². The maximum absolute atomic E-state index is 11.2. The Labute approximate surface area is 106 Å². The number of nitro benzene ring substituents is 1. The number of piperidine rings is 1. The Bertz CT molecular complexity index is 471. The third kappa shape index (κ3) is 2.46. The highest BCUT2D eigenvalue weighted by molar-refractivity contribution is 5.67. The first kappa shape index (κ1) is 12.8. The van der Waals surface area contributed by atoms with Gasteiger partial charge in [-0.15, -0.1) is 0 Å². The molecule has 1 saturated heterocycles. The van der Waals surface area contributed by atoms with E-state index in [2.05, 4.69) is 0 Å². The van der Waals surface area contributed by atoms with Gasteiger partial charge in [0.1, 0.15) is 5.69 Å². The van der Waals surface area contributed by atoms with Crippen molar-refractivity contribution in [1.29, 1.82) is 0 Å². The number of rotatable bonds is 2. The summed E-state index contributed by atoms with van der Waals surface area (Å²) in [6, 6.07) is 5.32. The van der Waals surface area contributed by atoms with Crippen LogP contribution in [0.5, 0.6) is 0 Å². The number of nitro groups is 1. The molecule has 18 heavy (non-hydrogen) atoms. The number of hydrogen-bond donors (Lipinski definition) is 1. The highest BCUT2D eigenvalue weighted by Gasteiger charge is 2.31. The van der Waals surface area contributed by atoms with Crippen LogP contribution in [0.4, 0.5) is 11.4 Å². The van der Waals surface area contributed by atoms with E-state index in [1.807, 2.05) is 11.0 Å². The van der Waals surface area contributed by atoms with Crippen molar-refractivity contribution < 1.29 is 10.0 Å². The summed E-state index contributed by atoms with van der Waals surface area (Å²) >= 11 is 0. The quantitative estimate of drug-likeness (QED) is 0.645. The minimum atomic E-state index is -0.768. The highest BCUT2D eigenvalue weighted by Crippen LogP contribution is 2.34. The number of aryl methyl sites for hydroxylation is 1. The van der Waals surface area contributed by atoms with E-state index in [-0.39, 0.29) is 10.6 Å². The second kappa shape index (κ2) is 4.57. The van der Waals surface area contributed by atoms with Gasteiger partial charge in [-0.3, -0.25) is 10.1 Å². The Hall–Kier alpha value is -1.62. The Balaban J connectivity index is 2.39. The second-order valence-electron chi connectivity index (χ2n) is 5.22. The summed E-state index contributed by atoms with van der Waals surface area (Å²) in [5, 5.41) is 21.3. The summed E-state index contributed by atoms with van der Waals surface area (Å²) in [5.41, 5.74) is 0.647. The van der Waals surface area contributed by atoms with Gasteiger partial charge in [-0.2, -0.15) is 0 Å². The lowest BCUT2D eigenvalue weighted by atomic mass is 9.94. The van der Waals surface area contributed by atoms with Gasteiger partial charge < -0.3 is 10.0 Å². The van der Waals surface area contributed by atoms with Gasteiger partial charge in [-0.25, -0.2) is 0 Å². The standard InChI is InChI=1S/C13H18N2O3/c1-10-5-3-6-11(12(10)15(17)18)14-8-4-7-13(2,16)9-14/h3,5-6,16H,4,7-9H2,1-2H3. The number of para-hydroxylation sites is 1. The summed E-state index contributed by atoms with van der Waals surface area (Å²) in [7, 11) is 0. The number of β-amino-alcohol motifs (C(OH)–C–C–N with tert-alkyl or cyclic N) is 1. The number of anilines is 1. The van der Waals surface area contributed by atoms with E-state index in [1.54, 1.807) is 26.0 Å². The fourth-order valence-corrected chi connectivity index (χ4v) is 2.56. The molecule has 1 aliphatic heterocycles. The van der Waals surface area contributed by atoms with Crippen molar-refractivity contribution in [2.75, 3.05) is 18.0 Å². The van der Waals surface area contributed by atoms with Gasteiger partial charge >= 0.3 is 0 Å². The van der Waals surface area contributed by atoms with Crippen LogP contribution in [-0.2, 0) is 0 Å². The average molecular weight is 250 g/mol. The average Bonchev–Trinajstić information content (AvgIpc) is 2.26. The molecule has 1 aliphatic rings. The third-order valence-electron chi connectivity index (χ3n) is 3.41. The van der Waals surface area contributed by atoms with Crippen LogP contribution in [0, 0.1) is 17.0 Å². The molecule has 2 rings (SSSR count). The first-order chi connectivity index (χ1) is 8.41. The molecule has 5 heteroatoms. The molecule has 98 valence electrons. The van der Waals surface area contributed by atoms with E-state index in [0.29, 0.717) is 17.8 Å². The largest absolute Gasteiger partial charge is 0.388 e. The molecule has 0 spiro atoms. The van der Waals surface area contributed by atoms with Gasteiger partial charge in [0, 0.05) is 18.7 Å². The normalized spacial score (nSPS) is 24.1. The predicted molar refractivity (Wildman–Crippen MR) is 69.9 cm³/mol. The van der Waals surface area contributed by atoms with E-state index in [9.17, 15) is 15.2 Å². The van der Waals surface area contributed by atoms with E-state index >= 15 is 0 Å². The fraction of sp³-hybridized carbons (Fsp3) is 0.538. The van der Waals surface area contributed by atoms with Crippen LogP contribution in [0.25, 0.3) is 0 Å². The molecule has 0 bridgehead atoms. The Morgan fingerprint density at radius 2 is 2.22 bits per heavy atom. The molecule has 0 radical (unpaired) electrons. The van der Waals surface area contributed by atoms with Crippen molar-refractivity contribution in [3.05, 3.63) is 33.9 Å². The van der Waals surface area contributed by atoms with Crippen molar-refractivity contribution in [3.63, 3.8) is 0 Å². The fourth-order valence-electron chi connectivity index (χ4n) is 2.56. The van der Waals surface area contributed by atoms with E-state index in [1.165, 1.54) is 0 Å². The van der Waals surface area contributed by atoms with Gasteiger partial charge in [0.25, 0.3) is 5.69 Å². The lowest BCUT2D eigenvalue weighted by molar-refractivity contribution is -0.384. The maximum atomic E-state index is 11.2. The van der Waals surface area contributed by atoms with Crippen LogP contribution >= 0.6 is 0 Å². The molecule has 0 aliphatic carbocycles. The zero-order valence-electron chi connectivity index (χ0n) is 10.7. The zero-order valence-corrected chi connectivity index (χ0v) is 10.7. The van der Waals surface area contributed by atoms with Crippen LogP contribution in [0.1, 0.15) is 25.3 Å². The minimum Gasteiger partial charge on any atom is -0.388 e. The number of nitrogens with zero attached hydrogens (tertiary/aromatic N) is 2. The van der Waals surface area contributed by atoms with Crippen molar-refractivity contribution in [3.8, 4) is 0 Å². The van der Waals surface area contributed by atoms with E-state index in [0.717, 1.165) is 19.4 Å². The summed E-state index contributed by atoms with van der Waals surface area (Å²) in [6.45, 7) is 4.71. The molecule has 1 heterocycles. The van der Waals surface area contributed by atoms with Crippen LogP contribution in [0.3, 0.4) is 0 Å². The molecule has 1 fully saturated rings. The SMILES string of the molecule is Cc1cccc(N2CCCC(C)(O)C2)c1[N+](=O)[O-]. The predicted octanol–water partition coefficient (Wildman–Crippen LogP) is 2.25. The highest BCUT2D eigenvalue weighted by atomic mass is 16.6. The minimum absolute atomic E-state index is 0.148. The molecule has 1 N–H and O–H groups in total. The summed E-state index contributed by atoms with van der Waals surface area (Å²) < 4.78 is 0. The zero-order chi connectivity index (χ0) is 13.3. The second-order valence-corrected chi connectivity index (χ2v) is 5.22. The van der Waals surface area contributed by atoms with E-state index < -0.39 is 5.60 Å². The number of benzene rings is 1. The van der Waals surface area contributed by atoms with Crippen molar-refractivity contribution in [1.82, 2.24) is 0 Å². The lowest BCUT2D eigenvalue weighted by Crippen LogP contribution is -2.46. The molecular formula is C13H18N2O3. The van der Waals surface area contributed by atoms with Crippen LogP contribution < -0.4 is 4.90 Å². The van der Waals surface area contributed by atoms with Gasteiger partial charge in [0.05, 0.1) is 10.5 Å². The Morgan fingerprint density at radius 3 is 2.83 bits per heavy atom. The first-order valence-electron chi connectivity index (χ1n) is 6.12. The van der Waals surface area contributed by atoms with Crippen molar-refractivity contribution in [2.24, 2.45) is 0 Å². The Morgan fingerprint density at radius 1 is 1.50 bits per heavy atom. The maximum Gasteiger partial charge on any atom is 0.295 e. The molecule has 1 atom stereocenters. The van der Waals surface area contributed by atoms with Crippen molar-refractivity contribution >= 4 is 11.4 Å². The number of aliphatic hydroxyl groups is 1. The molecule has 1 aromatic rings. The lowest BCUT2D eigenvalue weighted by Gasteiger charge is -2.38. The first-order valence-corrected chi connectivity index (χ1v) is 6.12. The topological polar surface area (TPSA) is 66.6 Å². The van der Waals surface area contributed by atoms with E-state index in [4.69, 9.17) is 0 Å². The molecule has 0 amide bonds. The molecular weight excluding hydrogens is 232 g/mol. The monoisotopic (exact) mass is 250 g/mol. The Kier molecular flexibility index (Phi) is 3.26. The van der Waals surface area contributed by atoms with Crippen LogP contribution in [0.2, 0.25) is 0 Å².